The van der Waals surface area contributed by atoms with Crippen molar-refractivity contribution in [2.75, 3.05) is 10.6 Å². The van der Waals surface area contributed by atoms with E-state index in [1.165, 1.54) is 22.4 Å². The third-order valence-corrected chi connectivity index (χ3v) is 4.46. The topological polar surface area (TPSA) is 29.3 Å². The van der Waals surface area contributed by atoms with Gasteiger partial charge in [-0.1, -0.05) is 34.1 Å². The van der Waals surface area contributed by atoms with E-state index in [-0.39, 0.29) is 0 Å². The van der Waals surface area contributed by atoms with E-state index >= 15 is 0 Å². The van der Waals surface area contributed by atoms with Crippen molar-refractivity contribution >= 4 is 27.3 Å². The predicted molar refractivity (Wildman–Crippen MR) is 79.6 cm³/mol. The first-order chi connectivity index (χ1) is 8.66. The highest BCUT2D eigenvalue weighted by Crippen LogP contribution is 2.35. The molecule has 92 valence electrons. The fourth-order valence-electron chi connectivity index (χ4n) is 2.56. The van der Waals surface area contributed by atoms with Crippen molar-refractivity contribution in [1.29, 1.82) is 0 Å². The number of hydrogen-bond donors (Lipinski definition) is 1. The molecule has 1 heterocycles. The van der Waals surface area contributed by atoms with Gasteiger partial charge in [0.15, 0.2) is 0 Å². The second kappa shape index (κ2) is 4.32. The zero-order valence-corrected chi connectivity index (χ0v) is 11.9. The van der Waals surface area contributed by atoms with Gasteiger partial charge in [0.2, 0.25) is 0 Å². The van der Waals surface area contributed by atoms with Gasteiger partial charge in [-0.25, -0.2) is 0 Å². The van der Waals surface area contributed by atoms with Gasteiger partial charge in [0, 0.05) is 28.9 Å². The summed E-state index contributed by atoms with van der Waals surface area (Å²) in [6, 6.07) is 12.5. The first-order valence-electron chi connectivity index (χ1n) is 6.03. The van der Waals surface area contributed by atoms with E-state index in [2.05, 4.69) is 52.0 Å². The fourth-order valence-corrected chi connectivity index (χ4v) is 2.91. The minimum Gasteiger partial charge on any atom is -0.398 e. The molecular weight excluding hydrogens is 288 g/mol. The molecular formula is C15H15BrN2. The van der Waals surface area contributed by atoms with E-state index in [0.717, 1.165) is 23.2 Å². The third-order valence-electron chi connectivity index (χ3n) is 3.60. The van der Waals surface area contributed by atoms with Gasteiger partial charge in [0.05, 0.1) is 0 Å². The Morgan fingerprint density at radius 2 is 1.89 bits per heavy atom. The van der Waals surface area contributed by atoms with Crippen LogP contribution >= 0.6 is 15.9 Å². The SMILES string of the molecule is Cc1c(Br)cccc1N1Cc2cccc(N)c2C1. The number of anilines is 2. The Hall–Kier alpha value is -1.48. The lowest BCUT2D eigenvalue weighted by atomic mass is 10.1. The quantitative estimate of drug-likeness (QED) is 0.811. The maximum absolute atomic E-state index is 6.04. The molecule has 0 aromatic heterocycles. The average molecular weight is 303 g/mol. The number of rotatable bonds is 1. The number of hydrogen-bond acceptors (Lipinski definition) is 2. The predicted octanol–water partition coefficient (Wildman–Crippen LogP) is 3.86. The maximum atomic E-state index is 6.04. The van der Waals surface area contributed by atoms with Gasteiger partial charge in [0.25, 0.3) is 0 Å². The largest absolute Gasteiger partial charge is 0.398 e. The number of nitrogen functional groups attached to an aromatic ring is 1. The molecule has 3 rings (SSSR count). The molecule has 0 fully saturated rings. The lowest BCUT2D eigenvalue weighted by molar-refractivity contribution is 0.875. The summed E-state index contributed by atoms with van der Waals surface area (Å²) in [7, 11) is 0. The molecule has 0 unspecified atom stereocenters. The molecule has 2 aromatic carbocycles. The van der Waals surface area contributed by atoms with Gasteiger partial charge in [0.1, 0.15) is 0 Å². The Labute approximate surface area is 116 Å². The molecule has 18 heavy (non-hydrogen) atoms. The number of nitrogens with zero attached hydrogens (tertiary/aromatic N) is 1. The molecule has 0 spiro atoms. The van der Waals surface area contributed by atoms with E-state index in [4.69, 9.17) is 5.73 Å². The van der Waals surface area contributed by atoms with Crippen LogP contribution in [0.1, 0.15) is 16.7 Å². The van der Waals surface area contributed by atoms with E-state index in [0.29, 0.717) is 0 Å². The molecule has 0 amide bonds. The average Bonchev–Trinajstić information content (AvgIpc) is 2.78. The second-order valence-corrected chi connectivity index (χ2v) is 5.58. The molecule has 2 aromatic rings. The molecule has 2 nitrogen and oxygen atoms in total. The Morgan fingerprint density at radius 1 is 1.11 bits per heavy atom. The lowest BCUT2D eigenvalue weighted by Crippen LogP contribution is -2.15. The number of nitrogens with two attached hydrogens (primary N) is 1. The first-order valence-corrected chi connectivity index (χ1v) is 6.82. The summed E-state index contributed by atoms with van der Waals surface area (Å²) >= 11 is 3.59. The normalized spacial score (nSPS) is 13.8. The minimum atomic E-state index is 0.902. The van der Waals surface area contributed by atoms with Crippen LogP contribution in [-0.4, -0.2) is 0 Å². The van der Waals surface area contributed by atoms with Crippen molar-refractivity contribution in [3.05, 3.63) is 57.6 Å². The Balaban J connectivity index is 1.99. The summed E-state index contributed by atoms with van der Waals surface area (Å²) in [4.78, 5) is 2.38. The molecule has 0 bridgehead atoms. The zero-order chi connectivity index (χ0) is 12.7. The minimum absolute atomic E-state index is 0.902. The van der Waals surface area contributed by atoms with Crippen LogP contribution in [0.3, 0.4) is 0 Å². The molecule has 1 aliphatic rings. The molecule has 0 atom stereocenters. The summed E-state index contributed by atoms with van der Waals surface area (Å²) in [6.07, 6.45) is 0. The van der Waals surface area contributed by atoms with Crippen LogP contribution in [0.25, 0.3) is 0 Å². The van der Waals surface area contributed by atoms with Crippen molar-refractivity contribution in [3.8, 4) is 0 Å². The highest BCUT2D eigenvalue weighted by atomic mass is 79.9. The molecule has 2 N–H and O–H groups in total. The van der Waals surface area contributed by atoms with Crippen LogP contribution in [-0.2, 0) is 13.1 Å². The molecule has 0 saturated carbocycles. The number of halogens is 1. The highest BCUT2D eigenvalue weighted by Gasteiger charge is 2.22. The van der Waals surface area contributed by atoms with E-state index < -0.39 is 0 Å². The van der Waals surface area contributed by atoms with Crippen LogP contribution in [0.4, 0.5) is 11.4 Å². The van der Waals surface area contributed by atoms with Crippen molar-refractivity contribution in [2.24, 2.45) is 0 Å². The van der Waals surface area contributed by atoms with E-state index in [9.17, 15) is 0 Å². The van der Waals surface area contributed by atoms with Gasteiger partial charge in [-0.05, 0) is 41.8 Å². The Kier molecular flexibility index (Phi) is 2.78. The van der Waals surface area contributed by atoms with Gasteiger partial charge in [-0.15, -0.1) is 0 Å². The van der Waals surface area contributed by atoms with Crippen LogP contribution in [0.2, 0.25) is 0 Å². The van der Waals surface area contributed by atoms with Crippen molar-refractivity contribution in [2.45, 2.75) is 20.0 Å². The van der Waals surface area contributed by atoms with Crippen molar-refractivity contribution in [3.63, 3.8) is 0 Å². The van der Waals surface area contributed by atoms with Gasteiger partial charge >= 0.3 is 0 Å². The zero-order valence-electron chi connectivity index (χ0n) is 10.3. The number of benzene rings is 2. The second-order valence-electron chi connectivity index (χ2n) is 4.72. The van der Waals surface area contributed by atoms with Crippen LogP contribution in [0.5, 0.6) is 0 Å². The monoisotopic (exact) mass is 302 g/mol. The summed E-state index contributed by atoms with van der Waals surface area (Å²) in [5.74, 6) is 0. The summed E-state index contributed by atoms with van der Waals surface area (Å²) < 4.78 is 1.16. The molecule has 1 aliphatic heterocycles. The third kappa shape index (κ3) is 1.79. The van der Waals surface area contributed by atoms with Gasteiger partial charge in [-0.3, -0.25) is 0 Å². The molecule has 0 saturated heterocycles. The molecule has 0 aliphatic carbocycles. The Bertz CT molecular complexity index is 607. The van der Waals surface area contributed by atoms with E-state index in [1.54, 1.807) is 0 Å². The Morgan fingerprint density at radius 3 is 2.67 bits per heavy atom. The highest BCUT2D eigenvalue weighted by molar-refractivity contribution is 9.10. The van der Waals surface area contributed by atoms with Crippen molar-refractivity contribution < 1.29 is 0 Å². The summed E-state index contributed by atoms with van der Waals surface area (Å²) in [5.41, 5.74) is 12.1. The maximum Gasteiger partial charge on any atom is 0.0457 e. The van der Waals surface area contributed by atoms with Gasteiger partial charge < -0.3 is 10.6 Å². The molecule has 0 radical (unpaired) electrons. The van der Waals surface area contributed by atoms with Crippen molar-refractivity contribution in [1.82, 2.24) is 0 Å². The standard InChI is InChI=1S/C15H15BrN2/c1-10-13(16)5-3-7-15(10)18-8-11-4-2-6-14(17)12(11)9-18/h2-7H,8-9,17H2,1H3. The first kappa shape index (κ1) is 11.6. The molecule has 3 heteroatoms. The fraction of sp³-hybridized carbons (Fsp3) is 0.200. The van der Waals surface area contributed by atoms with E-state index in [1.807, 2.05) is 12.1 Å². The lowest BCUT2D eigenvalue weighted by Gasteiger charge is -2.20. The summed E-state index contributed by atoms with van der Waals surface area (Å²) in [5, 5.41) is 0. The van der Waals surface area contributed by atoms with Crippen LogP contribution < -0.4 is 10.6 Å². The smallest absolute Gasteiger partial charge is 0.0457 e. The van der Waals surface area contributed by atoms with Crippen LogP contribution in [0.15, 0.2) is 40.9 Å². The number of fused-ring (bicyclic) bond motifs is 1. The van der Waals surface area contributed by atoms with Crippen LogP contribution in [0, 0.1) is 6.92 Å². The van der Waals surface area contributed by atoms with Gasteiger partial charge in [-0.2, -0.15) is 0 Å². The summed E-state index contributed by atoms with van der Waals surface area (Å²) in [6.45, 7) is 3.99.